The number of ether oxygens (including phenoxy) is 4. The smallest absolute Gasteiger partial charge is 0.224 e. The number of azide groups is 1. The lowest BCUT2D eigenvalue weighted by Gasteiger charge is -2.23. The van der Waals surface area contributed by atoms with Crippen LogP contribution in [0.2, 0.25) is 0 Å². The third kappa shape index (κ3) is 33.5. The molecule has 0 fully saturated rings. The fraction of sp³-hybridized carbons (Fsp3) is 0.971. The third-order valence-corrected chi connectivity index (χ3v) is 7.89. The van der Waals surface area contributed by atoms with E-state index in [-0.39, 0.29) is 5.91 Å². The molecule has 9 heteroatoms. The summed E-state index contributed by atoms with van der Waals surface area (Å²) in [5.74, 6) is 0.229. The van der Waals surface area contributed by atoms with E-state index in [0.29, 0.717) is 65.8 Å². The van der Waals surface area contributed by atoms with E-state index in [0.717, 1.165) is 25.9 Å². The van der Waals surface area contributed by atoms with Gasteiger partial charge in [-0.25, -0.2) is 0 Å². The molecule has 0 unspecified atom stereocenters. The number of hydrogen-bond acceptors (Lipinski definition) is 6. The summed E-state index contributed by atoms with van der Waals surface area (Å²) >= 11 is 0. The van der Waals surface area contributed by atoms with Gasteiger partial charge in [0, 0.05) is 24.5 Å². The maximum Gasteiger partial charge on any atom is 0.224 e. The molecule has 260 valence electrons. The molecule has 0 rings (SSSR count). The molecule has 0 aromatic rings. The minimum atomic E-state index is 0.229. The van der Waals surface area contributed by atoms with Crippen molar-refractivity contribution in [1.82, 2.24) is 4.90 Å². The molecule has 0 heterocycles. The SMILES string of the molecule is CCCCCCCCCCCCN(CCCCCCCCCCCC)C(=O)CCOCCOCCOCCOCCN=[N+]=[N-]. The summed E-state index contributed by atoms with van der Waals surface area (Å²) in [7, 11) is 0. The fourth-order valence-corrected chi connectivity index (χ4v) is 5.17. The number of hydrogen-bond donors (Lipinski definition) is 0. The predicted octanol–water partition coefficient (Wildman–Crippen LogP) is 9.42. The number of amides is 1. The summed E-state index contributed by atoms with van der Waals surface area (Å²) in [6.45, 7) is 10.4. The molecule has 0 saturated heterocycles. The van der Waals surface area contributed by atoms with Crippen molar-refractivity contribution in [1.29, 1.82) is 0 Å². The molecule has 0 bridgehead atoms. The van der Waals surface area contributed by atoms with Gasteiger partial charge in [-0.2, -0.15) is 0 Å². The molecular formula is C35H70N4O5. The Hall–Kier alpha value is -1.38. The molecule has 0 aliphatic carbocycles. The molecule has 0 spiro atoms. The largest absolute Gasteiger partial charge is 0.379 e. The second-order valence-corrected chi connectivity index (χ2v) is 11.9. The fourth-order valence-electron chi connectivity index (χ4n) is 5.17. The second-order valence-electron chi connectivity index (χ2n) is 11.9. The lowest BCUT2D eigenvalue weighted by molar-refractivity contribution is -0.132. The highest BCUT2D eigenvalue weighted by molar-refractivity contribution is 5.76. The minimum Gasteiger partial charge on any atom is -0.379 e. The lowest BCUT2D eigenvalue weighted by atomic mass is 10.1. The van der Waals surface area contributed by atoms with Gasteiger partial charge in [0.05, 0.1) is 59.3 Å². The normalized spacial score (nSPS) is 11.1. The Balaban J connectivity index is 4.01. The monoisotopic (exact) mass is 627 g/mol. The van der Waals surface area contributed by atoms with Crippen molar-refractivity contribution in [2.24, 2.45) is 5.11 Å². The summed E-state index contributed by atoms with van der Waals surface area (Å²) in [4.78, 5) is 17.8. The Bertz CT molecular complexity index is 610. The molecule has 0 aliphatic rings. The number of rotatable bonds is 37. The Kier molecular flexibility index (Phi) is 36.6. The minimum absolute atomic E-state index is 0.229. The van der Waals surface area contributed by atoms with E-state index < -0.39 is 0 Å². The zero-order chi connectivity index (χ0) is 32.0. The van der Waals surface area contributed by atoms with Gasteiger partial charge in [0.2, 0.25) is 5.91 Å². The van der Waals surface area contributed by atoms with Gasteiger partial charge in [-0.05, 0) is 18.4 Å². The first kappa shape index (κ1) is 42.6. The average Bonchev–Trinajstić information content (AvgIpc) is 3.03. The predicted molar refractivity (Wildman–Crippen MR) is 182 cm³/mol. The molecule has 0 aromatic heterocycles. The van der Waals surface area contributed by atoms with Crippen LogP contribution in [0.5, 0.6) is 0 Å². The summed E-state index contributed by atoms with van der Waals surface area (Å²) in [5, 5.41) is 3.40. The Labute approximate surface area is 271 Å². The first-order chi connectivity index (χ1) is 21.8. The van der Waals surface area contributed by atoms with Gasteiger partial charge in [0.15, 0.2) is 0 Å². The van der Waals surface area contributed by atoms with Gasteiger partial charge < -0.3 is 23.8 Å². The van der Waals surface area contributed by atoms with Crippen LogP contribution in [0, 0.1) is 0 Å². The Morgan fingerprint density at radius 1 is 0.523 bits per heavy atom. The van der Waals surface area contributed by atoms with Crippen LogP contribution in [0.25, 0.3) is 10.4 Å². The summed E-state index contributed by atoms with van der Waals surface area (Å²) in [6, 6.07) is 0. The highest BCUT2D eigenvalue weighted by Gasteiger charge is 2.13. The standard InChI is InChI=1S/C35H70N4O5/c1-3-5-7-9-11-13-15-17-19-21-25-39(26-22-20-18-16-14-12-10-8-6-4-2)35(40)23-27-41-29-31-43-33-34-44-32-30-42-28-24-37-38-36/h3-34H2,1-2H3. The number of unbranched alkanes of at least 4 members (excludes halogenated alkanes) is 18. The van der Waals surface area contributed by atoms with Crippen LogP contribution in [-0.4, -0.2) is 83.3 Å². The highest BCUT2D eigenvalue weighted by Crippen LogP contribution is 2.13. The van der Waals surface area contributed by atoms with Gasteiger partial charge in [-0.15, -0.1) is 0 Å². The number of carbonyl (C=O) groups is 1. The van der Waals surface area contributed by atoms with Crippen LogP contribution >= 0.6 is 0 Å². The van der Waals surface area contributed by atoms with Crippen molar-refractivity contribution in [3.63, 3.8) is 0 Å². The number of carbonyl (C=O) groups excluding carboxylic acids is 1. The summed E-state index contributed by atoms with van der Waals surface area (Å²) in [5.41, 5.74) is 8.20. The maximum atomic E-state index is 13.0. The van der Waals surface area contributed by atoms with Crippen molar-refractivity contribution < 1.29 is 23.7 Å². The third-order valence-electron chi connectivity index (χ3n) is 7.89. The number of nitrogens with zero attached hydrogens (tertiary/aromatic N) is 4. The molecule has 1 amide bonds. The van der Waals surface area contributed by atoms with Crippen molar-refractivity contribution in [3.05, 3.63) is 10.4 Å². The quantitative estimate of drug-likeness (QED) is 0.0295. The Morgan fingerprint density at radius 2 is 0.864 bits per heavy atom. The topological polar surface area (TPSA) is 106 Å². The van der Waals surface area contributed by atoms with Gasteiger partial charge in [0.25, 0.3) is 0 Å². The zero-order valence-corrected chi connectivity index (χ0v) is 29.0. The van der Waals surface area contributed by atoms with E-state index in [9.17, 15) is 4.79 Å². The average molecular weight is 627 g/mol. The van der Waals surface area contributed by atoms with Gasteiger partial charge in [-0.3, -0.25) is 4.79 Å². The molecule has 9 nitrogen and oxygen atoms in total. The second kappa shape index (κ2) is 37.8. The molecule has 0 radical (unpaired) electrons. The van der Waals surface area contributed by atoms with Gasteiger partial charge >= 0.3 is 0 Å². The van der Waals surface area contributed by atoms with Crippen molar-refractivity contribution in [2.75, 3.05) is 72.5 Å². The molecule has 0 saturated carbocycles. The molecule has 0 aromatic carbocycles. The van der Waals surface area contributed by atoms with Crippen molar-refractivity contribution in [3.8, 4) is 0 Å². The lowest BCUT2D eigenvalue weighted by Crippen LogP contribution is -2.33. The van der Waals surface area contributed by atoms with Crippen molar-refractivity contribution >= 4 is 5.91 Å². The molecule has 0 aliphatic heterocycles. The molecular weight excluding hydrogens is 556 g/mol. The van der Waals surface area contributed by atoms with Gasteiger partial charge in [0.1, 0.15) is 0 Å². The van der Waals surface area contributed by atoms with Crippen LogP contribution in [0.3, 0.4) is 0 Å². The Morgan fingerprint density at radius 3 is 1.25 bits per heavy atom. The molecule has 44 heavy (non-hydrogen) atoms. The summed E-state index contributed by atoms with van der Waals surface area (Å²) < 4.78 is 21.9. The zero-order valence-electron chi connectivity index (χ0n) is 29.0. The van der Waals surface area contributed by atoms with E-state index in [2.05, 4.69) is 28.8 Å². The van der Waals surface area contributed by atoms with E-state index in [1.807, 2.05) is 0 Å². The molecule has 0 atom stereocenters. The van der Waals surface area contributed by atoms with E-state index >= 15 is 0 Å². The first-order valence-corrected chi connectivity index (χ1v) is 18.4. The van der Waals surface area contributed by atoms with Crippen LogP contribution in [-0.2, 0) is 23.7 Å². The highest BCUT2D eigenvalue weighted by atomic mass is 16.6. The van der Waals surface area contributed by atoms with Crippen LogP contribution < -0.4 is 0 Å². The van der Waals surface area contributed by atoms with Crippen molar-refractivity contribution in [2.45, 2.75) is 149 Å². The summed E-state index contributed by atoms with van der Waals surface area (Å²) in [6.07, 6.45) is 26.7. The first-order valence-electron chi connectivity index (χ1n) is 18.4. The van der Waals surface area contributed by atoms with Crippen LogP contribution in [0.15, 0.2) is 5.11 Å². The maximum absolute atomic E-state index is 13.0. The van der Waals surface area contributed by atoms with Crippen LogP contribution in [0.4, 0.5) is 0 Å². The molecule has 0 N–H and O–H groups in total. The van der Waals surface area contributed by atoms with Gasteiger partial charge in [-0.1, -0.05) is 135 Å². The van der Waals surface area contributed by atoms with E-state index in [4.69, 9.17) is 24.5 Å². The van der Waals surface area contributed by atoms with Crippen LogP contribution in [0.1, 0.15) is 149 Å². The van der Waals surface area contributed by atoms with E-state index in [1.54, 1.807) is 0 Å². The van der Waals surface area contributed by atoms with E-state index in [1.165, 1.54) is 116 Å².